The number of aliphatic hydroxyl groups is 3. The van der Waals surface area contributed by atoms with Crippen molar-refractivity contribution in [3.05, 3.63) is 29.8 Å². The number of para-hydroxylation sites is 1. The number of aliphatic hydroxyl groups excluding tert-OH is 1. The first-order valence-electron chi connectivity index (χ1n) is 17.5. The van der Waals surface area contributed by atoms with E-state index in [4.69, 9.17) is 18.9 Å². The van der Waals surface area contributed by atoms with Gasteiger partial charge in [0, 0.05) is 75.2 Å². The number of esters is 1. The third-order valence-corrected chi connectivity index (χ3v) is 14.3. The summed E-state index contributed by atoms with van der Waals surface area (Å²) in [5.41, 5.74) is -4.53. The molecule has 1 aromatic carbocycles. The Hall–Kier alpha value is -2.45. The van der Waals surface area contributed by atoms with Crippen LogP contribution in [-0.4, -0.2) is 121 Å². The summed E-state index contributed by atoms with van der Waals surface area (Å²) in [7, 11) is 4.87. The molecule has 2 amide bonds. The summed E-state index contributed by atoms with van der Waals surface area (Å²) in [6, 6.07) is 6.01. The molecular weight excluding hydrogens is 620 g/mol. The predicted molar refractivity (Wildman–Crippen MR) is 170 cm³/mol. The third kappa shape index (κ3) is 3.62. The monoisotopic (exact) mass is 668 g/mol. The minimum Gasteiger partial charge on any atom is -0.461 e. The molecule has 0 radical (unpaired) electrons. The number of rotatable bonds is 8. The number of carbonyl (C=O) groups excluding carboxylic acids is 3. The van der Waals surface area contributed by atoms with E-state index in [1.807, 2.05) is 6.92 Å². The fourth-order valence-electron chi connectivity index (χ4n) is 12.9. The highest BCUT2D eigenvalue weighted by Crippen LogP contribution is 2.80. The summed E-state index contributed by atoms with van der Waals surface area (Å²) in [6.45, 7) is 4.81. The van der Waals surface area contributed by atoms with Crippen LogP contribution in [0.1, 0.15) is 56.3 Å². The minimum atomic E-state index is -1.77. The maximum Gasteiger partial charge on any atom is 0.340 e. The van der Waals surface area contributed by atoms with Gasteiger partial charge in [0.25, 0.3) is 0 Å². The van der Waals surface area contributed by atoms with Crippen LogP contribution in [0.3, 0.4) is 0 Å². The molecule has 4 unspecified atom stereocenters. The summed E-state index contributed by atoms with van der Waals surface area (Å²) in [5, 5.41) is 38.0. The second-order valence-electron chi connectivity index (χ2n) is 15.7. The lowest BCUT2D eigenvalue weighted by Crippen LogP contribution is -2.82. The van der Waals surface area contributed by atoms with Gasteiger partial charge in [-0.15, -0.1) is 0 Å². The molecule has 7 fully saturated rings. The number of anilines is 1. The average molecular weight is 669 g/mol. The van der Waals surface area contributed by atoms with E-state index in [9.17, 15) is 29.7 Å². The number of ether oxygens (including phenoxy) is 4. The molecule has 48 heavy (non-hydrogen) atoms. The average Bonchev–Trinajstić information content (AvgIpc) is 3.56. The first kappa shape index (κ1) is 32.7. The lowest BCUT2D eigenvalue weighted by Gasteiger charge is -2.70. The van der Waals surface area contributed by atoms with Crippen LogP contribution in [0.5, 0.6) is 0 Å². The van der Waals surface area contributed by atoms with E-state index < -0.39 is 64.2 Å². The number of amides is 2. The van der Waals surface area contributed by atoms with Crippen molar-refractivity contribution >= 4 is 23.5 Å². The van der Waals surface area contributed by atoms with Gasteiger partial charge in [-0.3, -0.25) is 14.5 Å². The molecule has 5 aliphatic carbocycles. The van der Waals surface area contributed by atoms with Crippen molar-refractivity contribution in [1.82, 2.24) is 4.90 Å². The van der Waals surface area contributed by atoms with E-state index in [0.29, 0.717) is 32.4 Å². The number of hydrogen-bond acceptors (Lipinski definition) is 11. The molecule has 0 aromatic heterocycles. The van der Waals surface area contributed by atoms with Crippen molar-refractivity contribution < 1.29 is 48.7 Å². The number of nitrogens with zero attached hydrogens (tertiary/aromatic N) is 2. The molecule has 3 N–H and O–H groups in total. The Morgan fingerprint density at radius 3 is 2.48 bits per heavy atom. The van der Waals surface area contributed by atoms with Crippen molar-refractivity contribution in [2.24, 2.45) is 40.4 Å². The Kier molecular flexibility index (Phi) is 7.35. The van der Waals surface area contributed by atoms with Gasteiger partial charge < -0.3 is 34.3 Å². The number of imide groups is 1. The van der Waals surface area contributed by atoms with Gasteiger partial charge in [-0.2, -0.15) is 0 Å². The largest absolute Gasteiger partial charge is 0.461 e. The number of likely N-dealkylation sites (N-methyl/N-ethyl adjacent to an activating group) is 1. The molecule has 5 saturated carbocycles. The first-order valence-corrected chi connectivity index (χ1v) is 17.5. The Labute approximate surface area is 280 Å². The number of carbonyl (C=O) groups is 3. The van der Waals surface area contributed by atoms with Crippen LogP contribution in [0, 0.1) is 40.4 Å². The maximum atomic E-state index is 14.0. The highest BCUT2D eigenvalue weighted by molar-refractivity contribution is 6.22. The molecule has 7 aliphatic rings. The van der Waals surface area contributed by atoms with Gasteiger partial charge in [0.15, 0.2) is 0 Å². The molecule has 2 saturated heterocycles. The van der Waals surface area contributed by atoms with Crippen LogP contribution in [0.15, 0.2) is 24.3 Å². The van der Waals surface area contributed by atoms with Crippen molar-refractivity contribution in [2.45, 2.75) is 87.6 Å². The van der Waals surface area contributed by atoms with Crippen molar-refractivity contribution in [3.8, 4) is 0 Å². The van der Waals surface area contributed by atoms with Crippen molar-refractivity contribution in [2.75, 3.05) is 45.9 Å². The van der Waals surface area contributed by atoms with Gasteiger partial charge in [-0.1, -0.05) is 26.0 Å². The van der Waals surface area contributed by atoms with E-state index >= 15 is 0 Å². The van der Waals surface area contributed by atoms with Crippen LogP contribution in [0.25, 0.3) is 0 Å². The van der Waals surface area contributed by atoms with E-state index in [1.165, 1.54) is 0 Å². The molecule has 2 aliphatic heterocycles. The molecule has 1 spiro atoms. The van der Waals surface area contributed by atoms with Crippen molar-refractivity contribution in [1.29, 1.82) is 0 Å². The molecule has 262 valence electrons. The second-order valence-corrected chi connectivity index (χ2v) is 15.7. The van der Waals surface area contributed by atoms with E-state index in [2.05, 4.69) is 4.90 Å². The molecule has 1 aromatic rings. The zero-order valence-electron chi connectivity index (χ0n) is 28.3. The summed E-state index contributed by atoms with van der Waals surface area (Å²) in [5.74, 6) is -3.18. The highest BCUT2D eigenvalue weighted by atomic mass is 16.5. The number of piperidine rings is 1. The zero-order valence-corrected chi connectivity index (χ0v) is 28.3. The molecular formula is C36H48N2O10. The van der Waals surface area contributed by atoms with Crippen LogP contribution >= 0.6 is 0 Å². The lowest BCUT2D eigenvalue weighted by molar-refractivity contribution is -0.318. The van der Waals surface area contributed by atoms with E-state index in [-0.39, 0.29) is 66.4 Å². The van der Waals surface area contributed by atoms with Gasteiger partial charge in [-0.05, 0) is 43.9 Å². The fourth-order valence-corrected chi connectivity index (χ4v) is 12.9. The van der Waals surface area contributed by atoms with E-state index in [1.54, 1.807) is 52.5 Å². The molecule has 2 heterocycles. The second kappa shape index (κ2) is 10.8. The number of likely N-dealkylation sites (tertiary alicyclic amines) is 1. The molecule has 12 heteroatoms. The number of fused-ring (bicyclic) bond motifs is 2. The van der Waals surface area contributed by atoms with Crippen LogP contribution in [-0.2, 0) is 28.5 Å². The van der Waals surface area contributed by atoms with Gasteiger partial charge in [0.1, 0.15) is 11.2 Å². The predicted octanol–water partition coefficient (Wildman–Crippen LogP) is 1.38. The van der Waals surface area contributed by atoms with Gasteiger partial charge in [0.05, 0.1) is 48.3 Å². The zero-order chi connectivity index (χ0) is 34.1. The number of hydrogen-bond donors (Lipinski definition) is 3. The summed E-state index contributed by atoms with van der Waals surface area (Å²) in [6.07, 6.45) is -0.287. The van der Waals surface area contributed by atoms with Gasteiger partial charge >= 0.3 is 5.97 Å². The Morgan fingerprint density at radius 2 is 1.83 bits per heavy atom. The Morgan fingerprint density at radius 1 is 1.08 bits per heavy atom. The SMILES string of the molecule is CCN1C[C@]2(COC(=O)c3ccccc3N3C(=O)C[C@H](C)C3=O)CCC(OC)C34C1C(O)([C@@H](OC)[C@@H]32)[C@@]1(O)C[C@H](OC)[C@H]2C[C@@H]4[C@@H]1[C@H]2O. The molecule has 8 rings (SSSR count). The molecule has 12 nitrogen and oxygen atoms in total. The van der Waals surface area contributed by atoms with Gasteiger partial charge in [0.2, 0.25) is 11.8 Å². The number of methoxy groups -OCH3 is 3. The third-order valence-electron chi connectivity index (χ3n) is 14.3. The van der Waals surface area contributed by atoms with Gasteiger partial charge in [-0.25, -0.2) is 9.69 Å². The molecule has 7 bridgehead atoms. The highest BCUT2D eigenvalue weighted by Gasteiger charge is 2.91. The van der Waals surface area contributed by atoms with Crippen LogP contribution < -0.4 is 4.90 Å². The quantitative estimate of drug-likeness (QED) is 0.272. The summed E-state index contributed by atoms with van der Waals surface area (Å²) in [4.78, 5) is 43.1. The Balaban J connectivity index is 1.23. The fraction of sp³-hybridized carbons (Fsp3) is 0.750. The minimum absolute atomic E-state index is 0.00294. The van der Waals surface area contributed by atoms with E-state index in [0.717, 1.165) is 4.90 Å². The van der Waals surface area contributed by atoms with Crippen LogP contribution in [0.2, 0.25) is 0 Å². The smallest absolute Gasteiger partial charge is 0.340 e. The Bertz CT molecular complexity index is 1540. The normalized spacial score (nSPS) is 48.7. The maximum absolute atomic E-state index is 14.0. The first-order chi connectivity index (χ1) is 22.9. The standard InChI is InChI=1S/C36H48N2O10/c1-6-37-16-33(17-48-31(42)19-9-7-8-10-22(19)38-25(39)13-18(2)30(38)41)12-11-24(46-4)35-21-14-20-23(45-3)15-34(43,26(21)27(20)40)36(44,32(35)37)29(47-5)28(33)35/h7-10,18,20-21,23-24,26-29,32,40,43-44H,6,11-17H2,1-5H3/t18-,20+,21+,23-,24?,26+,27-,28+,29-,32?,33-,34+,35?,36?/m0/s1. The number of benzene rings is 1. The topological polar surface area (TPSA) is 155 Å². The lowest BCUT2D eigenvalue weighted by atomic mass is 9.42. The summed E-state index contributed by atoms with van der Waals surface area (Å²) >= 11 is 0. The van der Waals surface area contributed by atoms with Crippen molar-refractivity contribution in [3.63, 3.8) is 0 Å². The summed E-state index contributed by atoms with van der Waals surface area (Å²) < 4.78 is 24.8. The molecule has 14 atom stereocenters. The van der Waals surface area contributed by atoms with Crippen LogP contribution in [0.4, 0.5) is 5.69 Å².